The first-order valence-electron chi connectivity index (χ1n) is 8.11. The number of allylic oxidation sites excluding steroid dienone is 1. The van der Waals surface area contributed by atoms with Crippen LogP contribution in [0.5, 0.6) is 0 Å². The smallest absolute Gasteiger partial charge is 0.238 e. The molecule has 0 bridgehead atoms. The summed E-state index contributed by atoms with van der Waals surface area (Å²) >= 11 is 0. The lowest BCUT2D eigenvalue weighted by Crippen LogP contribution is -2.29. The molecule has 120 valence electrons. The third kappa shape index (κ3) is 5.53. The number of anilines is 2. The van der Waals surface area contributed by atoms with Gasteiger partial charge < -0.3 is 15.5 Å². The van der Waals surface area contributed by atoms with Crippen LogP contribution in [0.25, 0.3) is 0 Å². The van der Waals surface area contributed by atoms with Crippen molar-refractivity contribution in [1.29, 1.82) is 0 Å². The zero-order valence-corrected chi connectivity index (χ0v) is 13.7. The SMILES string of the molecule is CN(C)c1ccc(NC(=O)CNCCC2=CCCCC2)cc1. The number of carbonyl (C=O) groups excluding carboxylic acids is 1. The van der Waals surface area contributed by atoms with Crippen LogP contribution in [0.1, 0.15) is 32.1 Å². The van der Waals surface area contributed by atoms with E-state index in [1.165, 1.54) is 25.7 Å². The third-order valence-electron chi connectivity index (χ3n) is 3.96. The summed E-state index contributed by atoms with van der Waals surface area (Å²) in [6.07, 6.45) is 8.51. The lowest BCUT2D eigenvalue weighted by Gasteiger charge is -2.14. The van der Waals surface area contributed by atoms with Gasteiger partial charge in [-0.05, 0) is 62.9 Å². The molecular formula is C18H27N3O. The Bertz CT molecular complexity index is 506. The predicted molar refractivity (Wildman–Crippen MR) is 93.4 cm³/mol. The fourth-order valence-electron chi connectivity index (χ4n) is 2.63. The lowest BCUT2D eigenvalue weighted by molar-refractivity contribution is -0.115. The van der Waals surface area contributed by atoms with Crippen molar-refractivity contribution in [2.75, 3.05) is 37.4 Å². The van der Waals surface area contributed by atoms with Gasteiger partial charge in [-0.15, -0.1) is 0 Å². The number of hydrogen-bond acceptors (Lipinski definition) is 3. The van der Waals surface area contributed by atoms with Gasteiger partial charge in [0, 0.05) is 25.5 Å². The molecule has 2 N–H and O–H groups in total. The first-order chi connectivity index (χ1) is 10.6. The van der Waals surface area contributed by atoms with Gasteiger partial charge in [0.25, 0.3) is 0 Å². The second kappa shape index (κ2) is 8.59. The molecule has 0 heterocycles. The van der Waals surface area contributed by atoms with E-state index in [0.29, 0.717) is 6.54 Å². The van der Waals surface area contributed by atoms with Crippen LogP contribution in [0, 0.1) is 0 Å². The Morgan fingerprint density at radius 3 is 2.59 bits per heavy atom. The Kier molecular flexibility index (Phi) is 6.46. The number of hydrogen-bond donors (Lipinski definition) is 2. The Balaban J connectivity index is 1.66. The zero-order valence-electron chi connectivity index (χ0n) is 13.7. The van der Waals surface area contributed by atoms with E-state index in [-0.39, 0.29) is 5.91 Å². The lowest BCUT2D eigenvalue weighted by atomic mass is 9.97. The Hall–Kier alpha value is -1.81. The monoisotopic (exact) mass is 301 g/mol. The van der Waals surface area contributed by atoms with Crippen LogP contribution in [-0.4, -0.2) is 33.1 Å². The van der Waals surface area contributed by atoms with Crippen LogP contribution in [0.3, 0.4) is 0 Å². The molecule has 0 atom stereocenters. The first kappa shape index (κ1) is 16.6. The molecule has 0 aromatic heterocycles. The van der Waals surface area contributed by atoms with Crippen molar-refractivity contribution in [2.24, 2.45) is 0 Å². The van der Waals surface area contributed by atoms with E-state index in [1.807, 2.05) is 43.3 Å². The number of amides is 1. The van der Waals surface area contributed by atoms with Crippen molar-refractivity contribution in [3.63, 3.8) is 0 Å². The Labute approximate surface area is 133 Å². The van der Waals surface area contributed by atoms with Gasteiger partial charge in [-0.3, -0.25) is 4.79 Å². The molecule has 1 aliphatic rings. The molecule has 0 saturated carbocycles. The van der Waals surface area contributed by atoms with Gasteiger partial charge in [0.15, 0.2) is 0 Å². The Morgan fingerprint density at radius 2 is 1.95 bits per heavy atom. The van der Waals surface area contributed by atoms with Crippen molar-refractivity contribution in [3.05, 3.63) is 35.9 Å². The highest BCUT2D eigenvalue weighted by molar-refractivity contribution is 5.92. The van der Waals surface area contributed by atoms with Crippen LogP contribution >= 0.6 is 0 Å². The minimum absolute atomic E-state index is 0.00947. The van der Waals surface area contributed by atoms with Gasteiger partial charge in [0.05, 0.1) is 6.54 Å². The zero-order chi connectivity index (χ0) is 15.8. The second-order valence-corrected chi connectivity index (χ2v) is 6.02. The first-order valence-corrected chi connectivity index (χ1v) is 8.11. The largest absolute Gasteiger partial charge is 0.378 e. The molecule has 4 heteroatoms. The van der Waals surface area contributed by atoms with Gasteiger partial charge in [0.1, 0.15) is 0 Å². The van der Waals surface area contributed by atoms with Gasteiger partial charge in [0.2, 0.25) is 5.91 Å². The standard InChI is InChI=1S/C18H27N3O/c1-21(2)17-10-8-16(9-11-17)20-18(22)14-19-13-12-15-6-4-3-5-7-15/h6,8-11,19H,3-5,7,12-14H2,1-2H3,(H,20,22). The minimum Gasteiger partial charge on any atom is -0.378 e. The molecule has 1 aliphatic carbocycles. The molecule has 4 nitrogen and oxygen atoms in total. The average Bonchev–Trinajstić information content (AvgIpc) is 2.53. The molecule has 0 unspecified atom stereocenters. The molecule has 1 aromatic rings. The van der Waals surface area contributed by atoms with E-state index in [2.05, 4.69) is 16.7 Å². The highest BCUT2D eigenvalue weighted by Gasteiger charge is 2.05. The van der Waals surface area contributed by atoms with E-state index in [9.17, 15) is 4.79 Å². The van der Waals surface area contributed by atoms with Crippen LogP contribution in [0.15, 0.2) is 35.9 Å². The van der Waals surface area contributed by atoms with Crippen molar-refractivity contribution in [1.82, 2.24) is 5.32 Å². The quantitative estimate of drug-likeness (QED) is 0.600. The number of carbonyl (C=O) groups is 1. The van der Waals surface area contributed by atoms with E-state index in [1.54, 1.807) is 5.57 Å². The highest BCUT2D eigenvalue weighted by atomic mass is 16.1. The summed E-state index contributed by atoms with van der Waals surface area (Å²) in [5, 5.41) is 6.13. The average molecular weight is 301 g/mol. The summed E-state index contributed by atoms with van der Waals surface area (Å²) in [7, 11) is 4.00. The minimum atomic E-state index is 0.00947. The summed E-state index contributed by atoms with van der Waals surface area (Å²) in [4.78, 5) is 13.9. The molecule has 1 amide bonds. The van der Waals surface area contributed by atoms with Crippen LogP contribution < -0.4 is 15.5 Å². The maximum atomic E-state index is 11.9. The maximum absolute atomic E-state index is 11.9. The molecule has 2 rings (SSSR count). The summed E-state index contributed by atoms with van der Waals surface area (Å²) < 4.78 is 0. The van der Waals surface area contributed by atoms with Crippen LogP contribution in [0.2, 0.25) is 0 Å². The normalized spacial score (nSPS) is 14.4. The van der Waals surface area contributed by atoms with Gasteiger partial charge >= 0.3 is 0 Å². The molecule has 0 radical (unpaired) electrons. The van der Waals surface area contributed by atoms with Crippen molar-refractivity contribution >= 4 is 17.3 Å². The third-order valence-corrected chi connectivity index (χ3v) is 3.96. The second-order valence-electron chi connectivity index (χ2n) is 6.02. The van der Waals surface area contributed by atoms with Crippen molar-refractivity contribution < 1.29 is 4.79 Å². The van der Waals surface area contributed by atoms with Gasteiger partial charge in [-0.2, -0.15) is 0 Å². The molecule has 0 saturated heterocycles. The maximum Gasteiger partial charge on any atom is 0.238 e. The Morgan fingerprint density at radius 1 is 1.18 bits per heavy atom. The van der Waals surface area contributed by atoms with Crippen LogP contribution in [-0.2, 0) is 4.79 Å². The van der Waals surface area contributed by atoms with E-state index < -0.39 is 0 Å². The van der Waals surface area contributed by atoms with Gasteiger partial charge in [-0.1, -0.05) is 11.6 Å². The van der Waals surface area contributed by atoms with Crippen molar-refractivity contribution in [2.45, 2.75) is 32.1 Å². The van der Waals surface area contributed by atoms with Gasteiger partial charge in [-0.25, -0.2) is 0 Å². The fraction of sp³-hybridized carbons (Fsp3) is 0.500. The summed E-state index contributed by atoms with van der Waals surface area (Å²) in [5.41, 5.74) is 3.50. The molecule has 0 spiro atoms. The molecule has 22 heavy (non-hydrogen) atoms. The van der Waals surface area contributed by atoms with E-state index >= 15 is 0 Å². The fourth-order valence-corrected chi connectivity index (χ4v) is 2.63. The molecular weight excluding hydrogens is 274 g/mol. The van der Waals surface area contributed by atoms with Crippen LogP contribution in [0.4, 0.5) is 11.4 Å². The number of nitrogens with zero attached hydrogens (tertiary/aromatic N) is 1. The molecule has 0 fully saturated rings. The number of rotatable bonds is 7. The highest BCUT2D eigenvalue weighted by Crippen LogP contribution is 2.19. The molecule has 0 aliphatic heterocycles. The summed E-state index contributed by atoms with van der Waals surface area (Å²) in [5.74, 6) is 0.00947. The number of nitrogens with one attached hydrogen (secondary N) is 2. The predicted octanol–water partition coefficient (Wildman–Crippen LogP) is 3.17. The van der Waals surface area contributed by atoms with E-state index in [4.69, 9.17) is 0 Å². The van der Waals surface area contributed by atoms with Crippen molar-refractivity contribution in [3.8, 4) is 0 Å². The number of benzene rings is 1. The molecule has 1 aromatic carbocycles. The topological polar surface area (TPSA) is 44.4 Å². The summed E-state index contributed by atoms with van der Waals surface area (Å²) in [6, 6.07) is 7.86. The summed E-state index contributed by atoms with van der Waals surface area (Å²) in [6.45, 7) is 1.24. The van der Waals surface area contributed by atoms with E-state index in [0.717, 1.165) is 24.3 Å².